The molecule has 0 amide bonds. The Bertz CT molecular complexity index is 1760. The van der Waals surface area contributed by atoms with Crippen LogP contribution in [0.1, 0.15) is 35.1 Å². The summed E-state index contributed by atoms with van der Waals surface area (Å²) in [7, 11) is 0. The van der Waals surface area contributed by atoms with Crippen LogP contribution >= 0.6 is 0 Å². The Kier molecular flexibility index (Phi) is 8.59. The van der Waals surface area contributed by atoms with Crippen LogP contribution < -0.4 is 0 Å². The monoisotopic (exact) mass is 592 g/mol. The van der Waals surface area contributed by atoms with E-state index in [4.69, 9.17) is 20.0 Å². The van der Waals surface area contributed by atoms with Gasteiger partial charge in [-0.15, -0.1) is 0 Å². The lowest BCUT2D eigenvalue weighted by molar-refractivity contribution is 1.33. The highest BCUT2D eigenvalue weighted by Crippen LogP contribution is 2.34. The summed E-state index contributed by atoms with van der Waals surface area (Å²) in [4.78, 5) is 21.3. The molecule has 0 aliphatic carbocycles. The topological polar surface area (TPSA) is 49.4 Å². The molecule has 220 valence electrons. The molecule has 6 aromatic carbocycles. The minimum absolute atomic E-state index is 0.515. The number of benzene rings is 6. The molecule has 0 bridgehead atoms. The molecular formula is C42H32N4. The van der Waals surface area contributed by atoms with E-state index in [1.165, 1.54) is 0 Å². The van der Waals surface area contributed by atoms with Gasteiger partial charge in [-0.05, 0) is 46.5 Å². The molecule has 0 spiro atoms. The van der Waals surface area contributed by atoms with Crippen molar-refractivity contribution in [1.29, 1.82) is 0 Å². The van der Waals surface area contributed by atoms with E-state index in [9.17, 15) is 0 Å². The fraction of sp³-hybridized carbons (Fsp3) is 0.0476. The lowest BCUT2D eigenvalue weighted by atomic mass is 9.98. The van der Waals surface area contributed by atoms with Gasteiger partial charge in [-0.25, -0.2) is 0 Å². The molecule has 0 fully saturated rings. The van der Waals surface area contributed by atoms with E-state index in [1.54, 1.807) is 0 Å². The first-order valence-electron chi connectivity index (χ1n) is 15.5. The van der Waals surface area contributed by atoms with Crippen LogP contribution in [0.25, 0.3) is 0 Å². The summed E-state index contributed by atoms with van der Waals surface area (Å²) in [6.45, 7) is 0. The van der Waals surface area contributed by atoms with Crippen LogP contribution in [0.4, 0.5) is 22.7 Å². The van der Waals surface area contributed by atoms with Crippen molar-refractivity contribution in [1.82, 2.24) is 0 Å². The van der Waals surface area contributed by atoms with Crippen molar-refractivity contribution in [2.45, 2.75) is 12.8 Å². The highest BCUT2D eigenvalue weighted by atomic mass is 14.9. The molecule has 4 nitrogen and oxygen atoms in total. The number of nitrogens with zero attached hydrogens (tertiary/aromatic N) is 4. The van der Waals surface area contributed by atoms with Crippen molar-refractivity contribution in [2.24, 2.45) is 20.0 Å². The van der Waals surface area contributed by atoms with Crippen LogP contribution in [0.3, 0.4) is 0 Å². The van der Waals surface area contributed by atoms with Gasteiger partial charge in [0.25, 0.3) is 0 Å². The van der Waals surface area contributed by atoms with Gasteiger partial charge in [0, 0.05) is 12.8 Å². The number of hydrogen-bond donors (Lipinski definition) is 0. The number of fused-ring (bicyclic) bond motifs is 2. The second-order valence-corrected chi connectivity index (χ2v) is 11.0. The second kappa shape index (κ2) is 13.7. The molecule has 0 saturated carbocycles. The zero-order valence-electron chi connectivity index (χ0n) is 25.4. The lowest BCUT2D eigenvalue weighted by Crippen LogP contribution is -2.12. The molecule has 6 aromatic rings. The fourth-order valence-electron chi connectivity index (χ4n) is 5.55. The van der Waals surface area contributed by atoms with Crippen LogP contribution in [0.5, 0.6) is 0 Å². The highest BCUT2D eigenvalue weighted by molar-refractivity contribution is 6.21. The van der Waals surface area contributed by atoms with Crippen molar-refractivity contribution < 1.29 is 0 Å². The Balaban J connectivity index is 1.52. The Hall–Kier alpha value is -6.00. The summed E-state index contributed by atoms with van der Waals surface area (Å²) in [5.41, 5.74) is 11.0. The first-order chi connectivity index (χ1) is 22.8. The molecule has 0 atom stereocenters. The molecule has 1 heterocycles. The molecular weight excluding hydrogens is 560 g/mol. The zero-order chi connectivity index (χ0) is 31.0. The van der Waals surface area contributed by atoms with Crippen LogP contribution in [-0.2, 0) is 0 Å². The third-order valence-electron chi connectivity index (χ3n) is 7.88. The van der Waals surface area contributed by atoms with Crippen molar-refractivity contribution in [3.63, 3.8) is 0 Å². The summed E-state index contributed by atoms with van der Waals surface area (Å²) in [6.07, 6.45) is 1.03. The van der Waals surface area contributed by atoms with Gasteiger partial charge < -0.3 is 0 Å². The van der Waals surface area contributed by atoms with Crippen LogP contribution in [-0.4, -0.2) is 22.8 Å². The number of para-hydroxylation sites is 4. The molecule has 0 radical (unpaired) electrons. The van der Waals surface area contributed by atoms with Crippen LogP contribution in [0, 0.1) is 0 Å². The van der Waals surface area contributed by atoms with Crippen molar-refractivity contribution in [3.8, 4) is 0 Å². The SMILES string of the molecule is c1ccc(C2=Nc3ccccc3N=C(c3ccccc3)CC(c3ccccc3)=Nc3ccccc3N=C(c3ccccc3)C2)cc1. The normalized spacial score (nSPS) is 13.6. The van der Waals surface area contributed by atoms with Crippen molar-refractivity contribution in [2.75, 3.05) is 0 Å². The largest absolute Gasteiger partial charge is 0.250 e. The Morgan fingerprint density at radius 1 is 0.239 bits per heavy atom. The molecule has 1 aliphatic rings. The number of aliphatic imine (C=N–C) groups is 4. The van der Waals surface area contributed by atoms with E-state index in [-0.39, 0.29) is 0 Å². The quantitative estimate of drug-likeness (QED) is 0.196. The minimum atomic E-state index is 0.515. The number of hydrogen-bond acceptors (Lipinski definition) is 4. The molecule has 0 saturated heterocycles. The van der Waals surface area contributed by atoms with E-state index in [0.29, 0.717) is 12.8 Å². The first kappa shape index (κ1) is 28.8. The van der Waals surface area contributed by atoms with Gasteiger partial charge in [-0.2, -0.15) is 0 Å². The Morgan fingerprint density at radius 2 is 0.435 bits per heavy atom. The fourth-order valence-corrected chi connectivity index (χ4v) is 5.55. The lowest BCUT2D eigenvalue weighted by Gasteiger charge is -2.15. The predicted molar refractivity (Wildman–Crippen MR) is 193 cm³/mol. The van der Waals surface area contributed by atoms with E-state index in [2.05, 4.69) is 97.1 Å². The van der Waals surface area contributed by atoms with E-state index < -0.39 is 0 Å². The second-order valence-electron chi connectivity index (χ2n) is 11.0. The third-order valence-corrected chi connectivity index (χ3v) is 7.88. The van der Waals surface area contributed by atoms with Crippen molar-refractivity contribution in [3.05, 3.63) is 192 Å². The standard InChI is InChI=1S/C42H32N4/c1-5-17-31(18-6-1)39-29-40(32-19-7-2-8-20-32)44-37-27-15-16-28-38(37)46-42(34-23-11-4-12-24-34)30-41(33-21-9-3-10-22-33)45-36-26-14-13-25-35(36)43-39/h1-28H,29-30H2. The maximum atomic E-state index is 5.33. The summed E-state index contributed by atoms with van der Waals surface area (Å²) < 4.78 is 0. The molecule has 7 rings (SSSR count). The predicted octanol–water partition coefficient (Wildman–Crippen LogP) is 10.7. The van der Waals surface area contributed by atoms with E-state index in [0.717, 1.165) is 67.9 Å². The average Bonchev–Trinajstić information content (AvgIpc) is 3.13. The molecule has 0 unspecified atom stereocenters. The van der Waals surface area contributed by atoms with E-state index >= 15 is 0 Å². The van der Waals surface area contributed by atoms with Crippen molar-refractivity contribution >= 4 is 45.6 Å². The third kappa shape index (κ3) is 6.72. The van der Waals surface area contributed by atoms with Gasteiger partial charge in [-0.3, -0.25) is 20.0 Å². The van der Waals surface area contributed by atoms with Gasteiger partial charge in [0.2, 0.25) is 0 Å². The van der Waals surface area contributed by atoms with Gasteiger partial charge >= 0.3 is 0 Å². The summed E-state index contributed by atoms with van der Waals surface area (Å²) >= 11 is 0. The zero-order valence-corrected chi connectivity index (χ0v) is 25.4. The van der Waals surface area contributed by atoms with Crippen LogP contribution in [0.15, 0.2) is 190 Å². The molecule has 4 heteroatoms. The summed E-state index contributed by atoms with van der Waals surface area (Å²) in [5, 5.41) is 0. The first-order valence-corrected chi connectivity index (χ1v) is 15.5. The summed E-state index contributed by atoms with van der Waals surface area (Å²) in [6, 6.07) is 57.6. The van der Waals surface area contributed by atoms with E-state index in [1.807, 2.05) is 72.8 Å². The molecule has 0 N–H and O–H groups in total. The molecule has 46 heavy (non-hydrogen) atoms. The van der Waals surface area contributed by atoms with Crippen LogP contribution in [0.2, 0.25) is 0 Å². The highest BCUT2D eigenvalue weighted by Gasteiger charge is 2.17. The number of rotatable bonds is 4. The Labute approximate surface area is 269 Å². The van der Waals surface area contributed by atoms with Gasteiger partial charge in [0.1, 0.15) is 0 Å². The van der Waals surface area contributed by atoms with Gasteiger partial charge in [0.05, 0.1) is 45.6 Å². The molecule has 0 aromatic heterocycles. The van der Waals surface area contributed by atoms with Gasteiger partial charge in [0.15, 0.2) is 0 Å². The van der Waals surface area contributed by atoms with Gasteiger partial charge in [-0.1, -0.05) is 146 Å². The molecule has 1 aliphatic heterocycles. The average molecular weight is 593 g/mol. The maximum absolute atomic E-state index is 5.33. The minimum Gasteiger partial charge on any atom is -0.250 e. The smallest absolute Gasteiger partial charge is 0.0889 e. The maximum Gasteiger partial charge on any atom is 0.0889 e. The Morgan fingerprint density at radius 3 is 0.652 bits per heavy atom. The summed E-state index contributed by atoms with van der Waals surface area (Å²) in [5.74, 6) is 0.